The molecule has 2 amide bonds. The third-order valence-corrected chi connectivity index (χ3v) is 5.42. The van der Waals surface area contributed by atoms with Gasteiger partial charge in [-0.25, -0.2) is 0 Å². The lowest BCUT2D eigenvalue weighted by atomic mass is 9.78. The van der Waals surface area contributed by atoms with Crippen molar-refractivity contribution in [2.24, 2.45) is 5.41 Å². The molecule has 0 saturated carbocycles. The second-order valence-electron chi connectivity index (χ2n) is 7.07. The van der Waals surface area contributed by atoms with Gasteiger partial charge in [-0.05, 0) is 43.0 Å². The van der Waals surface area contributed by atoms with Gasteiger partial charge in [0.25, 0.3) is 5.91 Å². The van der Waals surface area contributed by atoms with Gasteiger partial charge in [0.2, 0.25) is 5.91 Å². The third kappa shape index (κ3) is 3.05. The van der Waals surface area contributed by atoms with Gasteiger partial charge in [0.05, 0.1) is 23.4 Å². The number of hydrogen-bond acceptors (Lipinski definition) is 5. The van der Waals surface area contributed by atoms with E-state index in [2.05, 4.69) is 15.2 Å². The van der Waals surface area contributed by atoms with Crippen LogP contribution in [-0.4, -0.2) is 56.4 Å². The average molecular weight is 351 g/mol. The van der Waals surface area contributed by atoms with E-state index < -0.39 is 5.41 Å². The maximum atomic E-state index is 13.1. The Labute approximate surface area is 152 Å². The number of rotatable bonds is 3. The molecule has 26 heavy (non-hydrogen) atoms. The molecule has 0 aliphatic carbocycles. The lowest BCUT2D eigenvalue weighted by Crippen LogP contribution is -2.49. The highest BCUT2D eigenvalue weighted by atomic mass is 16.2. The van der Waals surface area contributed by atoms with Crippen molar-refractivity contribution in [2.75, 3.05) is 19.6 Å². The Morgan fingerprint density at radius 1 is 1.08 bits per heavy atom. The Morgan fingerprint density at radius 3 is 2.69 bits per heavy atom. The molecule has 2 aliphatic rings. The molecule has 0 N–H and O–H groups in total. The first-order valence-corrected chi connectivity index (χ1v) is 8.92. The third-order valence-electron chi connectivity index (χ3n) is 5.42. The van der Waals surface area contributed by atoms with Gasteiger partial charge in [0.15, 0.2) is 0 Å². The first kappa shape index (κ1) is 16.6. The lowest BCUT2D eigenvalue weighted by molar-refractivity contribution is -0.138. The molecule has 7 nitrogen and oxygen atoms in total. The summed E-state index contributed by atoms with van der Waals surface area (Å²) in [6, 6.07) is 5.54. The van der Waals surface area contributed by atoms with Gasteiger partial charge in [-0.1, -0.05) is 0 Å². The molecule has 0 bridgehead atoms. The molecular weight excluding hydrogens is 330 g/mol. The first-order chi connectivity index (χ1) is 12.7. The van der Waals surface area contributed by atoms with Gasteiger partial charge in [0, 0.05) is 38.6 Å². The van der Waals surface area contributed by atoms with Crippen molar-refractivity contribution in [3.63, 3.8) is 0 Å². The number of pyridine rings is 1. The fourth-order valence-corrected chi connectivity index (χ4v) is 4.04. The Balaban J connectivity index is 1.48. The number of hydrogen-bond donors (Lipinski definition) is 0. The van der Waals surface area contributed by atoms with Crippen molar-refractivity contribution in [1.29, 1.82) is 0 Å². The van der Waals surface area contributed by atoms with Crippen molar-refractivity contribution in [2.45, 2.75) is 25.8 Å². The molecule has 1 spiro atoms. The molecule has 4 heterocycles. The van der Waals surface area contributed by atoms with Crippen molar-refractivity contribution in [1.82, 2.24) is 25.0 Å². The van der Waals surface area contributed by atoms with Crippen LogP contribution in [-0.2, 0) is 11.3 Å². The molecule has 2 saturated heterocycles. The smallest absolute Gasteiger partial charge is 0.255 e. The second kappa shape index (κ2) is 6.82. The monoisotopic (exact) mass is 351 g/mol. The van der Waals surface area contributed by atoms with Gasteiger partial charge in [0.1, 0.15) is 0 Å². The zero-order valence-electron chi connectivity index (χ0n) is 14.5. The molecule has 4 rings (SSSR count). The Hall–Kier alpha value is -2.83. The normalized spacial score (nSPS) is 22.8. The lowest BCUT2D eigenvalue weighted by Gasteiger charge is -2.39. The topological polar surface area (TPSA) is 79.3 Å². The number of aromatic nitrogens is 3. The van der Waals surface area contributed by atoms with Crippen LogP contribution in [0.25, 0.3) is 0 Å². The summed E-state index contributed by atoms with van der Waals surface area (Å²) < 4.78 is 0. The molecule has 2 aliphatic heterocycles. The summed E-state index contributed by atoms with van der Waals surface area (Å²) in [7, 11) is 0. The number of nitrogens with zero attached hydrogens (tertiary/aromatic N) is 5. The maximum absolute atomic E-state index is 13.1. The van der Waals surface area contributed by atoms with Crippen molar-refractivity contribution in [3.8, 4) is 0 Å². The van der Waals surface area contributed by atoms with Crippen LogP contribution in [0.15, 0.2) is 43.0 Å². The van der Waals surface area contributed by atoms with Gasteiger partial charge < -0.3 is 9.80 Å². The van der Waals surface area contributed by atoms with Crippen LogP contribution in [0.4, 0.5) is 0 Å². The summed E-state index contributed by atoms with van der Waals surface area (Å²) in [5.41, 5.74) is 1.16. The number of amides is 2. The largest absolute Gasteiger partial charge is 0.338 e. The van der Waals surface area contributed by atoms with Gasteiger partial charge in [-0.2, -0.15) is 10.2 Å². The SMILES string of the molecule is O=C(c1ccnnc1)N1CCCC2(CCN(Cc3ccncc3)C2=O)C1. The van der Waals surface area contributed by atoms with Gasteiger partial charge >= 0.3 is 0 Å². The van der Waals surface area contributed by atoms with Crippen molar-refractivity contribution < 1.29 is 9.59 Å². The summed E-state index contributed by atoms with van der Waals surface area (Å²) in [5.74, 6) is 0.0963. The van der Waals surface area contributed by atoms with Crippen LogP contribution in [0.1, 0.15) is 35.2 Å². The van der Waals surface area contributed by atoms with E-state index in [1.807, 2.05) is 17.0 Å². The number of carbonyl (C=O) groups is 2. The highest BCUT2D eigenvalue weighted by molar-refractivity contribution is 5.94. The molecular formula is C19H21N5O2. The summed E-state index contributed by atoms with van der Waals surface area (Å²) in [5, 5.41) is 7.51. The van der Waals surface area contributed by atoms with E-state index in [1.54, 1.807) is 23.4 Å². The molecule has 2 aromatic rings. The predicted octanol–water partition coefficient (Wildman–Crippen LogP) is 1.53. The molecule has 1 atom stereocenters. The average Bonchev–Trinajstić information content (AvgIpc) is 2.98. The van der Waals surface area contributed by atoms with E-state index in [0.717, 1.165) is 31.4 Å². The van der Waals surface area contributed by atoms with Crippen LogP contribution in [0.3, 0.4) is 0 Å². The quantitative estimate of drug-likeness (QED) is 0.838. The molecule has 1 unspecified atom stereocenters. The van der Waals surface area contributed by atoms with Crippen LogP contribution in [0, 0.1) is 5.41 Å². The number of piperidine rings is 1. The zero-order valence-corrected chi connectivity index (χ0v) is 14.5. The molecule has 7 heteroatoms. The summed E-state index contributed by atoms with van der Waals surface area (Å²) in [4.78, 5) is 33.6. The summed E-state index contributed by atoms with van der Waals surface area (Å²) >= 11 is 0. The van der Waals surface area contributed by atoms with E-state index >= 15 is 0 Å². The molecule has 2 fully saturated rings. The van der Waals surface area contributed by atoms with E-state index in [9.17, 15) is 9.59 Å². The first-order valence-electron chi connectivity index (χ1n) is 8.92. The number of carbonyl (C=O) groups excluding carboxylic acids is 2. The standard InChI is InChI=1S/C19H21N5O2/c25-17(16-4-9-21-22-12-16)24-10-1-5-19(14-24)6-11-23(18(19)26)13-15-2-7-20-8-3-15/h2-4,7-9,12H,1,5-6,10-11,13-14H2. The highest BCUT2D eigenvalue weighted by Gasteiger charge is 2.49. The van der Waals surface area contributed by atoms with Crippen LogP contribution >= 0.6 is 0 Å². The van der Waals surface area contributed by atoms with Crippen molar-refractivity contribution >= 4 is 11.8 Å². The molecule has 134 valence electrons. The molecule has 0 aromatic carbocycles. The zero-order chi connectivity index (χ0) is 18.0. The van der Waals surface area contributed by atoms with E-state index in [1.165, 1.54) is 12.4 Å². The number of likely N-dealkylation sites (tertiary alicyclic amines) is 2. The highest BCUT2D eigenvalue weighted by Crippen LogP contribution is 2.41. The van der Waals surface area contributed by atoms with Crippen LogP contribution in [0.2, 0.25) is 0 Å². The fraction of sp³-hybridized carbons (Fsp3) is 0.421. The fourth-order valence-electron chi connectivity index (χ4n) is 4.04. The maximum Gasteiger partial charge on any atom is 0.255 e. The predicted molar refractivity (Wildman–Crippen MR) is 93.9 cm³/mol. The van der Waals surface area contributed by atoms with E-state index in [-0.39, 0.29) is 11.8 Å². The summed E-state index contributed by atoms with van der Waals surface area (Å²) in [6.07, 6.45) is 8.98. The van der Waals surface area contributed by atoms with Crippen molar-refractivity contribution in [3.05, 3.63) is 54.1 Å². The minimum absolute atomic E-state index is 0.0700. The minimum atomic E-state index is -0.443. The second-order valence-corrected chi connectivity index (χ2v) is 7.07. The van der Waals surface area contributed by atoms with Gasteiger partial charge in [-0.3, -0.25) is 14.6 Å². The van der Waals surface area contributed by atoms with Crippen LogP contribution in [0.5, 0.6) is 0 Å². The minimum Gasteiger partial charge on any atom is -0.338 e. The Morgan fingerprint density at radius 2 is 1.92 bits per heavy atom. The van der Waals surface area contributed by atoms with Gasteiger partial charge in [-0.15, -0.1) is 0 Å². The van der Waals surface area contributed by atoms with E-state index in [4.69, 9.17) is 0 Å². The van der Waals surface area contributed by atoms with Crippen LogP contribution < -0.4 is 0 Å². The summed E-state index contributed by atoms with van der Waals surface area (Å²) in [6.45, 7) is 2.51. The Kier molecular flexibility index (Phi) is 4.36. The Bertz CT molecular complexity index is 798. The molecule has 2 aromatic heterocycles. The van der Waals surface area contributed by atoms with E-state index in [0.29, 0.717) is 25.2 Å². The molecule has 0 radical (unpaired) electrons.